The first-order chi connectivity index (χ1) is 11.1. The van der Waals surface area contributed by atoms with Crippen molar-refractivity contribution >= 4 is 5.91 Å². The first-order valence-electron chi connectivity index (χ1n) is 9.07. The molecule has 2 aliphatic heterocycles. The van der Waals surface area contributed by atoms with Crippen LogP contribution in [0.4, 0.5) is 0 Å². The van der Waals surface area contributed by atoms with Gasteiger partial charge in [0.05, 0.1) is 13.2 Å². The van der Waals surface area contributed by atoms with Crippen molar-refractivity contribution in [3.8, 4) is 0 Å². The van der Waals surface area contributed by atoms with Gasteiger partial charge in [-0.1, -0.05) is 0 Å². The number of nitrogens with one attached hydrogen (secondary N) is 1. The highest BCUT2D eigenvalue weighted by atomic mass is 16.5. The zero-order valence-electron chi connectivity index (χ0n) is 15.1. The van der Waals surface area contributed by atoms with E-state index in [4.69, 9.17) is 4.74 Å². The Morgan fingerprint density at radius 1 is 1.09 bits per heavy atom. The van der Waals surface area contributed by atoms with Gasteiger partial charge in [0.25, 0.3) is 0 Å². The Bertz CT molecular complexity index is 349. The Hall–Kier alpha value is -0.690. The van der Waals surface area contributed by atoms with Crippen LogP contribution >= 0.6 is 0 Å². The van der Waals surface area contributed by atoms with Gasteiger partial charge in [0.1, 0.15) is 0 Å². The largest absolute Gasteiger partial charge is 0.383 e. The van der Waals surface area contributed by atoms with E-state index < -0.39 is 0 Å². The van der Waals surface area contributed by atoms with E-state index in [2.05, 4.69) is 29.0 Å². The highest BCUT2D eigenvalue weighted by Crippen LogP contribution is 2.22. The van der Waals surface area contributed by atoms with E-state index >= 15 is 0 Å². The zero-order chi connectivity index (χ0) is 16.7. The van der Waals surface area contributed by atoms with Gasteiger partial charge in [0.2, 0.25) is 5.91 Å². The van der Waals surface area contributed by atoms with E-state index in [1.54, 1.807) is 7.11 Å². The van der Waals surface area contributed by atoms with Crippen molar-refractivity contribution in [1.29, 1.82) is 0 Å². The van der Waals surface area contributed by atoms with Gasteiger partial charge in [-0.05, 0) is 26.7 Å². The van der Waals surface area contributed by atoms with Crippen LogP contribution < -0.4 is 5.32 Å². The smallest absolute Gasteiger partial charge is 0.236 e. The monoisotopic (exact) mass is 326 g/mol. The van der Waals surface area contributed by atoms with E-state index in [9.17, 15) is 4.79 Å². The third-order valence-electron chi connectivity index (χ3n) is 5.29. The fourth-order valence-corrected chi connectivity index (χ4v) is 3.65. The fourth-order valence-electron chi connectivity index (χ4n) is 3.65. The van der Waals surface area contributed by atoms with Crippen LogP contribution in [0.1, 0.15) is 26.7 Å². The first kappa shape index (κ1) is 18.6. The molecule has 0 spiro atoms. The van der Waals surface area contributed by atoms with Gasteiger partial charge in [-0.15, -0.1) is 0 Å². The summed E-state index contributed by atoms with van der Waals surface area (Å²) in [6.45, 7) is 12.5. The molecule has 23 heavy (non-hydrogen) atoms. The van der Waals surface area contributed by atoms with E-state index in [0.717, 1.165) is 57.9 Å². The molecule has 0 aliphatic carbocycles. The van der Waals surface area contributed by atoms with Gasteiger partial charge in [-0.3, -0.25) is 14.6 Å². The van der Waals surface area contributed by atoms with Crippen molar-refractivity contribution in [2.24, 2.45) is 0 Å². The summed E-state index contributed by atoms with van der Waals surface area (Å²) in [7, 11) is 1.67. The summed E-state index contributed by atoms with van der Waals surface area (Å²) >= 11 is 0. The zero-order valence-corrected chi connectivity index (χ0v) is 15.1. The number of rotatable bonds is 8. The molecule has 0 saturated carbocycles. The third-order valence-corrected chi connectivity index (χ3v) is 5.29. The van der Waals surface area contributed by atoms with Gasteiger partial charge in [0, 0.05) is 65.0 Å². The number of carbonyl (C=O) groups is 1. The van der Waals surface area contributed by atoms with E-state index in [1.807, 2.05) is 4.90 Å². The van der Waals surface area contributed by atoms with Crippen LogP contribution in [0.15, 0.2) is 0 Å². The van der Waals surface area contributed by atoms with E-state index in [-0.39, 0.29) is 5.91 Å². The molecular weight excluding hydrogens is 292 g/mol. The average molecular weight is 326 g/mol. The predicted octanol–water partition coefficient (Wildman–Crippen LogP) is 0.239. The van der Waals surface area contributed by atoms with Crippen LogP contribution in [0.3, 0.4) is 0 Å². The molecule has 134 valence electrons. The summed E-state index contributed by atoms with van der Waals surface area (Å²) in [5.74, 6) is 0.211. The van der Waals surface area contributed by atoms with Crippen molar-refractivity contribution < 1.29 is 9.53 Å². The maximum atomic E-state index is 12.1. The topological polar surface area (TPSA) is 48.1 Å². The minimum absolute atomic E-state index is 0.211. The van der Waals surface area contributed by atoms with Crippen molar-refractivity contribution in [3.05, 3.63) is 0 Å². The molecule has 6 heteroatoms. The van der Waals surface area contributed by atoms with Gasteiger partial charge in [0.15, 0.2) is 0 Å². The summed E-state index contributed by atoms with van der Waals surface area (Å²) in [4.78, 5) is 19.2. The number of ether oxygens (including phenoxy) is 1. The summed E-state index contributed by atoms with van der Waals surface area (Å²) < 4.78 is 4.97. The Kier molecular flexibility index (Phi) is 7.76. The second-order valence-corrected chi connectivity index (χ2v) is 6.91. The van der Waals surface area contributed by atoms with Gasteiger partial charge < -0.3 is 15.0 Å². The lowest BCUT2D eigenvalue weighted by Crippen LogP contribution is -2.52. The van der Waals surface area contributed by atoms with Crippen LogP contribution in [0.25, 0.3) is 0 Å². The van der Waals surface area contributed by atoms with Crippen LogP contribution in [0.5, 0.6) is 0 Å². The van der Waals surface area contributed by atoms with E-state index in [0.29, 0.717) is 13.2 Å². The van der Waals surface area contributed by atoms with E-state index in [1.165, 1.54) is 12.8 Å². The van der Waals surface area contributed by atoms with Crippen LogP contribution in [0, 0.1) is 0 Å². The second-order valence-electron chi connectivity index (χ2n) is 6.91. The molecular formula is C17H34N4O2. The molecule has 0 aromatic rings. The number of hydrogen-bond donors (Lipinski definition) is 1. The number of piperazine rings is 1. The highest BCUT2D eigenvalue weighted by molar-refractivity contribution is 5.78. The minimum atomic E-state index is 0.211. The molecule has 2 saturated heterocycles. The molecule has 2 unspecified atom stereocenters. The van der Waals surface area contributed by atoms with Crippen LogP contribution in [-0.2, 0) is 9.53 Å². The number of likely N-dealkylation sites (tertiary alicyclic amines) is 1. The first-order valence-corrected chi connectivity index (χ1v) is 9.07. The summed E-state index contributed by atoms with van der Waals surface area (Å²) in [6, 6.07) is 1.46. The maximum Gasteiger partial charge on any atom is 0.236 e. The number of methoxy groups -OCH3 is 1. The average Bonchev–Trinajstić information content (AvgIpc) is 2.88. The van der Waals surface area contributed by atoms with Crippen LogP contribution in [-0.4, -0.2) is 98.8 Å². The maximum absolute atomic E-state index is 12.1. The quantitative estimate of drug-likeness (QED) is 0.648. The molecule has 0 aromatic carbocycles. The standard InChI is InChI=1S/C17H34N4O2/c1-15-4-5-16(2)21(15)12-9-19-7-10-20(11-8-19)17(22)14-18-6-13-23-3/h15-16,18H,4-14H2,1-3H3. The summed E-state index contributed by atoms with van der Waals surface area (Å²) in [5.41, 5.74) is 0. The Labute approximate surface area is 141 Å². The summed E-state index contributed by atoms with van der Waals surface area (Å²) in [6.07, 6.45) is 2.67. The number of nitrogens with zero attached hydrogens (tertiary/aromatic N) is 3. The summed E-state index contributed by atoms with van der Waals surface area (Å²) in [5, 5.41) is 3.13. The Morgan fingerprint density at radius 2 is 1.74 bits per heavy atom. The van der Waals surface area contributed by atoms with Gasteiger partial charge in [-0.2, -0.15) is 0 Å². The number of hydrogen-bond acceptors (Lipinski definition) is 5. The molecule has 1 N–H and O–H groups in total. The molecule has 2 heterocycles. The van der Waals surface area contributed by atoms with Gasteiger partial charge >= 0.3 is 0 Å². The van der Waals surface area contributed by atoms with Crippen molar-refractivity contribution in [1.82, 2.24) is 20.0 Å². The number of amides is 1. The normalized spacial score (nSPS) is 26.8. The SMILES string of the molecule is COCCNCC(=O)N1CCN(CCN2C(C)CCC2C)CC1. The van der Waals surface area contributed by atoms with Crippen molar-refractivity contribution in [2.75, 3.05) is 66.1 Å². The lowest BCUT2D eigenvalue weighted by Gasteiger charge is -2.36. The van der Waals surface area contributed by atoms with Crippen molar-refractivity contribution in [2.45, 2.75) is 38.8 Å². The lowest BCUT2D eigenvalue weighted by atomic mass is 10.2. The number of carbonyl (C=O) groups excluding carboxylic acids is 1. The van der Waals surface area contributed by atoms with Crippen LogP contribution in [0.2, 0.25) is 0 Å². The molecule has 2 atom stereocenters. The molecule has 2 fully saturated rings. The van der Waals surface area contributed by atoms with Crippen molar-refractivity contribution in [3.63, 3.8) is 0 Å². The molecule has 6 nitrogen and oxygen atoms in total. The lowest BCUT2D eigenvalue weighted by molar-refractivity contribution is -0.132. The Morgan fingerprint density at radius 3 is 2.35 bits per heavy atom. The van der Waals surface area contributed by atoms with Gasteiger partial charge in [-0.25, -0.2) is 0 Å². The highest BCUT2D eigenvalue weighted by Gasteiger charge is 2.28. The molecule has 2 rings (SSSR count). The Balaban J connectivity index is 1.61. The fraction of sp³-hybridized carbons (Fsp3) is 0.941. The molecule has 0 radical (unpaired) electrons. The molecule has 2 aliphatic rings. The minimum Gasteiger partial charge on any atom is -0.383 e. The molecule has 0 bridgehead atoms. The predicted molar refractivity (Wildman–Crippen MR) is 92.6 cm³/mol. The third kappa shape index (κ3) is 5.71. The molecule has 1 amide bonds. The second kappa shape index (κ2) is 9.57. The molecule has 0 aromatic heterocycles.